The topological polar surface area (TPSA) is 117 Å². The molecule has 0 aromatic heterocycles. The number of carbonyl (C=O) groups excluding carboxylic acids is 1. The van der Waals surface area contributed by atoms with Crippen molar-refractivity contribution in [3.05, 3.63) is 30.4 Å². The zero-order chi connectivity index (χ0) is 15.3. The summed E-state index contributed by atoms with van der Waals surface area (Å²) in [6, 6.07) is 4.20. The third-order valence-electron chi connectivity index (χ3n) is 2.08. The van der Waals surface area contributed by atoms with E-state index in [9.17, 15) is 13.2 Å². The minimum absolute atomic E-state index is 0.132. The molecule has 8 nitrogen and oxygen atoms in total. The monoisotopic (exact) mass is 299 g/mol. The SMILES string of the molecule is C=C(C)C(=O)Nc1ccc(N=NS(=O)(=O)O)cc1OC. The van der Waals surface area contributed by atoms with Gasteiger partial charge in [-0.1, -0.05) is 6.58 Å². The van der Waals surface area contributed by atoms with Crippen LogP contribution in [0.15, 0.2) is 40.0 Å². The van der Waals surface area contributed by atoms with Crippen LogP contribution < -0.4 is 10.1 Å². The quantitative estimate of drug-likeness (QED) is 0.490. The molecule has 0 saturated heterocycles. The van der Waals surface area contributed by atoms with E-state index < -0.39 is 10.3 Å². The third kappa shape index (κ3) is 4.78. The molecule has 0 radical (unpaired) electrons. The van der Waals surface area contributed by atoms with Gasteiger partial charge in [0, 0.05) is 11.6 Å². The Kier molecular flexibility index (Phi) is 4.94. The summed E-state index contributed by atoms with van der Waals surface area (Å²) < 4.78 is 37.1. The van der Waals surface area contributed by atoms with E-state index in [1.54, 1.807) is 6.92 Å². The molecule has 0 aliphatic carbocycles. The summed E-state index contributed by atoms with van der Waals surface area (Å²) in [5.74, 6) is -0.123. The Morgan fingerprint density at radius 1 is 1.45 bits per heavy atom. The fourth-order valence-electron chi connectivity index (χ4n) is 1.17. The van der Waals surface area contributed by atoms with Gasteiger partial charge in [-0.25, -0.2) is 0 Å². The molecule has 0 aliphatic heterocycles. The van der Waals surface area contributed by atoms with Crippen LogP contribution in [-0.2, 0) is 15.1 Å². The van der Waals surface area contributed by atoms with Gasteiger partial charge in [0.05, 0.1) is 18.5 Å². The predicted octanol–water partition coefficient (Wildman–Crippen LogP) is 2.10. The summed E-state index contributed by atoms with van der Waals surface area (Å²) >= 11 is 0. The number of anilines is 1. The van der Waals surface area contributed by atoms with Gasteiger partial charge in [-0.2, -0.15) is 8.42 Å². The summed E-state index contributed by atoms with van der Waals surface area (Å²) in [5, 5.41) is 5.88. The Hall–Kier alpha value is -2.26. The first-order valence-electron chi connectivity index (χ1n) is 5.28. The highest BCUT2D eigenvalue weighted by molar-refractivity contribution is 7.84. The lowest BCUT2D eigenvalue weighted by Crippen LogP contribution is -2.12. The van der Waals surface area contributed by atoms with Crippen LogP contribution in [0.5, 0.6) is 5.75 Å². The van der Waals surface area contributed by atoms with E-state index in [2.05, 4.69) is 21.5 Å². The molecule has 9 heteroatoms. The molecular formula is C11H13N3O5S. The zero-order valence-corrected chi connectivity index (χ0v) is 11.6. The highest BCUT2D eigenvalue weighted by Crippen LogP contribution is 2.29. The molecule has 2 N–H and O–H groups in total. The normalized spacial score (nSPS) is 11.3. The number of amides is 1. The van der Waals surface area contributed by atoms with Crippen molar-refractivity contribution in [2.24, 2.45) is 9.63 Å². The molecule has 0 spiro atoms. The van der Waals surface area contributed by atoms with E-state index in [4.69, 9.17) is 9.29 Å². The highest BCUT2D eigenvalue weighted by Gasteiger charge is 2.09. The van der Waals surface area contributed by atoms with Crippen molar-refractivity contribution in [2.75, 3.05) is 12.4 Å². The van der Waals surface area contributed by atoms with E-state index in [0.29, 0.717) is 11.3 Å². The van der Waals surface area contributed by atoms with Crippen LogP contribution in [-0.4, -0.2) is 26.0 Å². The molecule has 0 saturated carbocycles. The molecule has 0 atom stereocenters. The van der Waals surface area contributed by atoms with E-state index >= 15 is 0 Å². The summed E-state index contributed by atoms with van der Waals surface area (Å²) in [6.07, 6.45) is 0. The predicted molar refractivity (Wildman–Crippen MR) is 72.5 cm³/mol. The second kappa shape index (κ2) is 6.26. The summed E-state index contributed by atoms with van der Waals surface area (Å²) in [7, 11) is -3.18. The first-order valence-corrected chi connectivity index (χ1v) is 6.68. The third-order valence-corrected chi connectivity index (χ3v) is 2.37. The van der Waals surface area contributed by atoms with E-state index in [1.807, 2.05) is 0 Å². The van der Waals surface area contributed by atoms with Crippen LogP contribution in [0, 0.1) is 0 Å². The Bertz CT molecular complexity index is 667. The molecule has 1 aromatic rings. The highest BCUT2D eigenvalue weighted by atomic mass is 32.2. The van der Waals surface area contributed by atoms with Crippen molar-refractivity contribution in [1.29, 1.82) is 0 Å². The minimum Gasteiger partial charge on any atom is -0.494 e. The average Bonchev–Trinajstić information content (AvgIpc) is 2.36. The van der Waals surface area contributed by atoms with Gasteiger partial charge in [0.15, 0.2) is 0 Å². The van der Waals surface area contributed by atoms with Gasteiger partial charge in [-0.3, -0.25) is 9.35 Å². The van der Waals surface area contributed by atoms with Crippen molar-refractivity contribution in [3.8, 4) is 5.75 Å². The number of nitrogens with one attached hydrogen (secondary N) is 1. The molecule has 1 rings (SSSR count). The molecule has 0 heterocycles. The number of rotatable bonds is 5. The van der Waals surface area contributed by atoms with E-state index in [1.165, 1.54) is 25.3 Å². The molecule has 0 bridgehead atoms. The van der Waals surface area contributed by atoms with E-state index in [-0.39, 0.29) is 17.3 Å². The first kappa shape index (κ1) is 15.8. The standard InChI is InChI=1S/C11H13N3O5S/c1-7(2)11(15)12-9-5-4-8(6-10(9)19-3)13-14-20(16,17)18/h4-6H,1H2,2-3H3,(H,12,15)(H,16,17,18). The Labute approximate surface area is 116 Å². The molecule has 0 fully saturated rings. The number of hydrogen-bond acceptors (Lipinski definition) is 5. The summed E-state index contributed by atoms with van der Waals surface area (Å²) in [5.41, 5.74) is 0.821. The lowest BCUT2D eigenvalue weighted by molar-refractivity contribution is -0.112. The first-order chi connectivity index (χ1) is 9.23. The van der Waals surface area contributed by atoms with Gasteiger partial charge in [0.25, 0.3) is 5.91 Å². The van der Waals surface area contributed by atoms with Gasteiger partial charge in [-0.15, -0.1) is 5.11 Å². The zero-order valence-electron chi connectivity index (χ0n) is 10.8. The number of methoxy groups -OCH3 is 1. The van der Waals surface area contributed by atoms with Crippen LogP contribution in [0.25, 0.3) is 0 Å². The largest absolute Gasteiger partial charge is 0.494 e. The van der Waals surface area contributed by atoms with E-state index in [0.717, 1.165) is 0 Å². The molecular weight excluding hydrogens is 286 g/mol. The van der Waals surface area contributed by atoms with Crippen LogP contribution in [0.2, 0.25) is 0 Å². The van der Waals surface area contributed by atoms with Gasteiger partial charge in [0.2, 0.25) is 0 Å². The van der Waals surface area contributed by atoms with Gasteiger partial charge >= 0.3 is 10.3 Å². The van der Waals surface area contributed by atoms with Crippen molar-refractivity contribution in [2.45, 2.75) is 6.92 Å². The maximum absolute atomic E-state index is 11.5. The van der Waals surface area contributed by atoms with Gasteiger partial charge < -0.3 is 10.1 Å². The maximum Gasteiger partial charge on any atom is 0.396 e. The second-order valence-corrected chi connectivity index (χ2v) is 4.81. The number of nitrogens with zero attached hydrogens (tertiary/aromatic N) is 2. The molecule has 1 aromatic carbocycles. The van der Waals surface area contributed by atoms with Crippen molar-refractivity contribution >= 4 is 27.6 Å². The number of hydrogen-bond donors (Lipinski definition) is 2. The van der Waals surface area contributed by atoms with Crippen molar-refractivity contribution in [3.63, 3.8) is 0 Å². The smallest absolute Gasteiger partial charge is 0.396 e. The summed E-state index contributed by atoms with van der Waals surface area (Å²) in [6.45, 7) is 5.05. The van der Waals surface area contributed by atoms with Gasteiger partial charge in [-0.05, 0) is 23.6 Å². The molecule has 0 aliphatic rings. The molecule has 1 amide bonds. The minimum atomic E-state index is -4.55. The van der Waals surface area contributed by atoms with Crippen molar-refractivity contribution in [1.82, 2.24) is 0 Å². The maximum atomic E-state index is 11.5. The fourth-order valence-corrected chi connectivity index (χ4v) is 1.37. The van der Waals surface area contributed by atoms with Crippen LogP contribution in [0.3, 0.4) is 0 Å². The van der Waals surface area contributed by atoms with Crippen molar-refractivity contribution < 1.29 is 22.5 Å². The van der Waals surface area contributed by atoms with Crippen LogP contribution in [0.4, 0.5) is 11.4 Å². The van der Waals surface area contributed by atoms with Gasteiger partial charge in [0.1, 0.15) is 5.75 Å². The Balaban J connectivity index is 3.05. The Morgan fingerprint density at radius 3 is 2.60 bits per heavy atom. The fraction of sp³-hybridized carbons (Fsp3) is 0.182. The molecule has 0 unspecified atom stereocenters. The second-order valence-electron chi connectivity index (χ2n) is 3.75. The Morgan fingerprint density at radius 2 is 2.10 bits per heavy atom. The van der Waals surface area contributed by atoms with Crippen LogP contribution >= 0.6 is 0 Å². The lowest BCUT2D eigenvalue weighted by atomic mass is 10.2. The summed E-state index contributed by atoms with van der Waals surface area (Å²) in [4.78, 5) is 11.5. The number of benzene rings is 1. The lowest BCUT2D eigenvalue weighted by Gasteiger charge is -2.10. The van der Waals surface area contributed by atoms with Crippen LogP contribution in [0.1, 0.15) is 6.92 Å². The molecule has 20 heavy (non-hydrogen) atoms. The molecule has 108 valence electrons. The average molecular weight is 299 g/mol. The number of carbonyl (C=O) groups is 1. The number of ether oxygens (including phenoxy) is 1.